The number of hydrogen-bond donors (Lipinski definition) is 5. The van der Waals surface area contributed by atoms with Crippen LogP contribution < -0.4 is 25.6 Å². The number of nitrogens with one attached hydrogen (secondary N) is 4. The Morgan fingerprint density at radius 1 is 0.841 bits per heavy atom. The number of fused-ring (bicyclic) bond motifs is 2. The quantitative estimate of drug-likeness (QED) is 0.0474. The second kappa shape index (κ2) is 24.5. The van der Waals surface area contributed by atoms with E-state index in [9.17, 15) is 37.5 Å². The van der Waals surface area contributed by atoms with E-state index < -0.39 is 69.0 Å². The summed E-state index contributed by atoms with van der Waals surface area (Å²) in [6.07, 6.45) is 8.96. The average molecular weight is 1250 g/mol. The Kier molecular flexibility index (Phi) is 17.0. The van der Waals surface area contributed by atoms with Crippen molar-refractivity contribution in [3.8, 4) is 21.6 Å². The Hall–Kier alpha value is -7.40. The standard InChI is InChI=1S/C66H77N11O8S3/c1-38(44-17-19-46(20-18-44)58-39(2)67-37-86-58)69-61(81)53-29-47(78)34-76(53)63(83)59(65(4,5)6)72-56(79)16-9-10-25-88(84,85)74-62(82)57-48(50-33-68-77(40(50)3)36-66-30-41-26-42(31-66)28-43(27-41)32-66)21-22-55(71-57)75-24-23-45-12-11-13-49(51(45)35-75)60(80)73-64-70-52-14-7-8-15-54(52)87-64/h7-8,11-15,17-22,33,37-38,41-43,47,53,59,78H,9-10,16,23-32,34-36H2,1-6H3,(H,69,81)(H,72,79)(H,74,82)(H,70,73,80)/t38-,41?,42?,43?,47+,53-,59+,66?/m0/s1. The number of aliphatic hydroxyl groups is 1. The molecule has 1 saturated heterocycles. The second-order valence-electron chi connectivity index (χ2n) is 26.4. The van der Waals surface area contributed by atoms with Crippen LogP contribution in [0.25, 0.3) is 31.8 Å². The van der Waals surface area contributed by atoms with Crippen LogP contribution in [0.2, 0.25) is 0 Å². The number of unbranched alkanes of at least 4 members (excludes halogenated alkanes) is 1. The maximum atomic E-state index is 14.7. The zero-order valence-corrected chi connectivity index (χ0v) is 53.1. The van der Waals surface area contributed by atoms with Crippen LogP contribution in [0.15, 0.2) is 90.6 Å². The first-order chi connectivity index (χ1) is 42.1. The van der Waals surface area contributed by atoms with Gasteiger partial charge in [-0.15, -0.1) is 11.3 Å². The van der Waals surface area contributed by atoms with Gasteiger partial charge in [0.25, 0.3) is 11.8 Å². The van der Waals surface area contributed by atoms with Crippen molar-refractivity contribution in [3.63, 3.8) is 0 Å². The van der Waals surface area contributed by atoms with Crippen molar-refractivity contribution in [2.45, 2.75) is 149 Å². The number of carbonyl (C=O) groups is 5. The maximum absolute atomic E-state index is 14.7. The van der Waals surface area contributed by atoms with E-state index in [2.05, 4.69) is 35.3 Å². The number of sulfonamides is 1. The van der Waals surface area contributed by atoms with E-state index in [1.165, 1.54) is 54.8 Å². The minimum absolute atomic E-state index is 0.00904. The van der Waals surface area contributed by atoms with Crippen LogP contribution in [0.1, 0.15) is 147 Å². The molecule has 13 rings (SSSR count). The Morgan fingerprint density at radius 3 is 2.28 bits per heavy atom. The molecule has 5 fully saturated rings. The van der Waals surface area contributed by atoms with Crippen molar-refractivity contribution < 1.29 is 37.5 Å². The maximum Gasteiger partial charge on any atom is 0.284 e. The summed E-state index contributed by atoms with van der Waals surface area (Å²) in [6.45, 7) is 12.7. The number of β-amino-alcohol motifs (C(OH)–C–C–N with tert-alkyl or cyclic N) is 1. The molecule has 4 saturated carbocycles. The number of nitrogens with zero attached hydrogens (tertiary/aromatic N) is 7. The number of aryl methyl sites for hydroxylation is 1. The van der Waals surface area contributed by atoms with Gasteiger partial charge in [-0.3, -0.25) is 34.0 Å². The number of amides is 5. The summed E-state index contributed by atoms with van der Waals surface area (Å²) in [4.78, 5) is 89.0. The van der Waals surface area contributed by atoms with Crippen LogP contribution in [0, 0.1) is 42.4 Å². The fourth-order valence-electron chi connectivity index (χ4n) is 14.8. The summed E-state index contributed by atoms with van der Waals surface area (Å²) in [5.74, 6) is -0.405. The topological polar surface area (TPSA) is 251 Å². The van der Waals surface area contributed by atoms with E-state index in [4.69, 9.17) is 10.1 Å². The number of thiazole rings is 2. The molecule has 4 aromatic heterocycles. The Morgan fingerprint density at radius 2 is 1.58 bits per heavy atom. The molecular weight excluding hydrogens is 1170 g/mol. The fraction of sp³-hybridized carbons (Fsp3) is 0.470. The molecular formula is C66H77N11O8S3. The molecule has 88 heavy (non-hydrogen) atoms. The van der Waals surface area contributed by atoms with Crippen LogP contribution in [-0.4, -0.2) is 110 Å². The molecule has 2 aliphatic heterocycles. The smallest absolute Gasteiger partial charge is 0.284 e. The summed E-state index contributed by atoms with van der Waals surface area (Å²) in [5, 5.41) is 25.1. The number of aromatic nitrogens is 5. The Bertz CT molecular complexity index is 3880. The number of pyridine rings is 1. The monoisotopic (exact) mass is 1250 g/mol. The fourth-order valence-corrected chi connectivity index (χ4v) is 17.6. The van der Waals surface area contributed by atoms with E-state index in [1.54, 1.807) is 49.9 Å². The molecule has 6 heterocycles. The molecule has 0 unspecified atom stereocenters. The molecule has 4 atom stereocenters. The predicted octanol–water partition coefficient (Wildman–Crippen LogP) is 9.93. The Balaban J connectivity index is 0.712. The molecule has 5 amide bonds. The van der Waals surface area contributed by atoms with Crippen molar-refractivity contribution in [1.29, 1.82) is 0 Å². The van der Waals surface area contributed by atoms with Crippen LogP contribution >= 0.6 is 22.7 Å². The highest BCUT2D eigenvalue weighted by molar-refractivity contribution is 7.90. The van der Waals surface area contributed by atoms with Gasteiger partial charge < -0.3 is 25.5 Å². The summed E-state index contributed by atoms with van der Waals surface area (Å²) >= 11 is 2.95. The number of hydrogen-bond acceptors (Lipinski definition) is 15. The molecule has 3 aromatic carbocycles. The lowest BCUT2D eigenvalue weighted by Gasteiger charge is -2.56. The van der Waals surface area contributed by atoms with Crippen molar-refractivity contribution in [1.82, 2.24) is 45.0 Å². The summed E-state index contributed by atoms with van der Waals surface area (Å²) in [6, 6.07) is 22.4. The number of benzene rings is 3. The molecule has 4 bridgehead atoms. The number of para-hydroxylation sites is 1. The molecule has 462 valence electrons. The van der Waals surface area contributed by atoms with Crippen molar-refractivity contribution in [2.24, 2.45) is 28.6 Å². The van der Waals surface area contributed by atoms with Crippen LogP contribution in [0.5, 0.6) is 0 Å². The van der Waals surface area contributed by atoms with E-state index in [0.29, 0.717) is 47.2 Å². The molecule has 4 aliphatic carbocycles. The summed E-state index contributed by atoms with van der Waals surface area (Å²) in [5.41, 5.74) is 9.00. The zero-order chi connectivity index (χ0) is 61.8. The normalized spacial score (nSPS) is 22.1. The third-order valence-corrected chi connectivity index (χ3v) is 22.1. The highest BCUT2D eigenvalue weighted by atomic mass is 32.2. The zero-order valence-electron chi connectivity index (χ0n) is 50.7. The molecule has 22 heteroatoms. The minimum atomic E-state index is -4.30. The SMILES string of the molecule is Cc1ncsc1-c1ccc([C@H](C)NC(=O)[C@@H]2C[C@@H](O)CN2C(=O)[C@@H](NC(=O)CCCCS(=O)(=O)NC(=O)c2nc(N3CCc4cccc(C(=O)Nc5nc6ccccc6s5)c4C3)ccc2-c2cnn(CC34CC5CC(CC(C5)C3)C4)c2C)C(C)(C)C)cc1. The van der Waals surface area contributed by atoms with Crippen molar-refractivity contribution in [2.75, 3.05) is 29.1 Å². The van der Waals surface area contributed by atoms with Crippen LogP contribution in [0.3, 0.4) is 0 Å². The largest absolute Gasteiger partial charge is 0.391 e. The highest BCUT2D eigenvalue weighted by Crippen LogP contribution is 2.60. The van der Waals surface area contributed by atoms with Gasteiger partial charge in [0, 0.05) is 61.4 Å². The van der Waals surface area contributed by atoms with Crippen molar-refractivity contribution in [3.05, 3.63) is 130 Å². The first-order valence-electron chi connectivity index (χ1n) is 30.8. The van der Waals surface area contributed by atoms with Gasteiger partial charge in [-0.2, -0.15) is 5.10 Å². The Labute approximate surface area is 521 Å². The van der Waals surface area contributed by atoms with Gasteiger partial charge in [-0.05, 0) is 160 Å². The number of rotatable bonds is 19. The van der Waals surface area contributed by atoms with Crippen LogP contribution in [-0.2, 0) is 43.9 Å². The van der Waals surface area contributed by atoms with E-state index in [-0.39, 0.29) is 49.2 Å². The van der Waals surface area contributed by atoms with Gasteiger partial charge in [-0.1, -0.05) is 80.6 Å². The molecule has 19 nitrogen and oxygen atoms in total. The van der Waals surface area contributed by atoms with E-state index >= 15 is 0 Å². The molecule has 7 aromatic rings. The van der Waals surface area contributed by atoms with Gasteiger partial charge in [-0.25, -0.2) is 28.1 Å². The van der Waals surface area contributed by atoms with Gasteiger partial charge in [0.2, 0.25) is 27.7 Å². The van der Waals surface area contributed by atoms with Gasteiger partial charge in [0.15, 0.2) is 5.13 Å². The van der Waals surface area contributed by atoms with Gasteiger partial charge in [0.1, 0.15) is 23.6 Å². The highest BCUT2D eigenvalue weighted by Gasteiger charge is 2.51. The van der Waals surface area contributed by atoms with E-state index in [1.807, 2.05) is 98.5 Å². The third-order valence-electron chi connectivity index (χ3n) is 18.9. The number of carbonyl (C=O) groups excluding carboxylic acids is 5. The second-order valence-corrected chi connectivity index (χ2v) is 30.2. The predicted molar refractivity (Wildman–Crippen MR) is 341 cm³/mol. The molecule has 0 spiro atoms. The summed E-state index contributed by atoms with van der Waals surface area (Å²) in [7, 11) is -4.30. The third kappa shape index (κ3) is 12.9. The van der Waals surface area contributed by atoms with E-state index in [0.717, 1.165) is 73.0 Å². The first-order valence-corrected chi connectivity index (χ1v) is 34.1. The number of anilines is 2. The molecule has 0 radical (unpaired) electrons. The lowest BCUT2D eigenvalue weighted by Crippen LogP contribution is -2.57. The molecule has 6 aliphatic rings. The first kappa shape index (κ1) is 60.9. The lowest BCUT2D eigenvalue weighted by molar-refractivity contribution is -0.144. The average Bonchev–Trinajstić information content (AvgIpc) is 1.44. The molecule has 5 N–H and O–H groups in total. The van der Waals surface area contributed by atoms with Crippen LogP contribution in [0.4, 0.5) is 10.9 Å². The lowest BCUT2D eigenvalue weighted by atomic mass is 9.49. The summed E-state index contributed by atoms with van der Waals surface area (Å²) < 4.78 is 33.3. The van der Waals surface area contributed by atoms with Gasteiger partial charge in [0.05, 0.1) is 50.4 Å². The minimum Gasteiger partial charge on any atom is -0.391 e. The number of aliphatic hydroxyl groups excluding tert-OH is 1. The number of likely N-dealkylation sites (tertiary alicyclic amines) is 1. The van der Waals surface area contributed by atoms with Gasteiger partial charge >= 0.3 is 0 Å². The van der Waals surface area contributed by atoms with Crippen molar-refractivity contribution >= 4 is 83.4 Å².